The lowest BCUT2D eigenvalue weighted by molar-refractivity contribution is -0.337. The third kappa shape index (κ3) is 4.06. The first kappa shape index (κ1) is 19.6. The lowest BCUT2D eigenvalue weighted by Gasteiger charge is -2.47. The van der Waals surface area contributed by atoms with Crippen LogP contribution in [0.15, 0.2) is 18.2 Å². The van der Waals surface area contributed by atoms with Crippen molar-refractivity contribution >= 4 is 5.69 Å². The molecule has 1 aromatic rings. The first-order chi connectivity index (χ1) is 12.2. The summed E-state index contributed by atoms with van der Waals surface area (Å²) >= 11 is 0. The van der Waals surface area contributed by atoms with Crippen molar-refractivity contribution in [3.63, 3.8) is 0 Å². The summed E-state index contributed by atoms with van der Waals surface area (Å²) in [6.45, 7) is 13.6. The van der Waals surface area contributed by atoms with Gasteiger partial charge in [-0.3, -0.25) is 0 Å². The molecule has 2 aliphatic rings. The van der Waals surface area contributed by atoms with Crippen molar-refractivity contribution in [3.05, 3.63) is 29.3 Å². The van der Waals surface area contributed by atoms with Crippen molar-refractivity contribution in [2.45, 2.75) is 45.6 Å². The number of anilines is 1. The Hall–Kier alpha value is -1.14. The monoisotopic (exact) mass is 362 g/mol. The van der Waals surface area contributed by atoms with Gasteiger partial charge in [0.15, 0.2) is 5.79 Å². The molecule has 2 fully saturated rings. The van der Waals surface area contributed by atoms with Gasteiger partial charge in [0.25, 0.3) is 0 Å². The standard InChI is InChI=1S/C21H34N2O3/c1-16-15-25-21(4,26-20(16,2)3)18-7-8-19(17(13-18)14-22(5)6)23-9-11-24-12-10-23/h7-8,13,16H,9-12,14-15H2,1-6H3. The molecule has 5 nitrogen and oxygen atoms in total. The first-order valence-corrected chi connectivity index (χ1v) is 9.66. The molecule has 0 saturated carbocycles. The molecule has 3 rings (SSSR count). The molecular formula is C21H34N2O3. The predicted octanol–water partition coefficient (Wildman–Crippen LogP) is 3.22. The average molecular weight is 363 g/mol. The maximum absolute atomic E-state index is 6.44. The van der Waals surface area contributed by atoms with Crippen LogP contribution in [0.2, 0.25) is 0 Å². The van der Waals surface area contributed by atoms with Crippen molar-refractivity contribution in [2.24, 2.45) is 5.92 Å². The number of rotatable bonds is 4. The van der Waals surface area contributed by atoms with Gasteiger partial charge in [-0.2, -0.15) is 0 Å². The summed E-state index contributed by atoms with van der Waals surface area (Å²) in [4.78, 5) is 4.63. The van der Waals surface area contributed by atoms with Crippen LogP contribution in [0.1, 0.15) is 38.8 Å². The molecule has 0 aliphatic carbocycles. The first-order valence-electron chi connectivity index (χ1n) is 9.66. The van der Waals surface area contributed by atoms with E-state index in [2.05, 4.69) is 62.9 Å². The van der Waals surface area contributed by atoms with E-state index >= 15 is 0 Å². The van der Waals surface area contributed by atoms with Gasteiger partial charge in [-0.15, -0.1) is 0 Å². The summed E-state index contributed by atoms with van der Waals surface area (Å²) in [5, 5.41) is 0. The van der Waals surface area contributed by atoms with Crippen molar-refractivity contribution in [1.29, 1.82) is 0 Å². The Labute approximate surface area is 158 Å². The van der Waals surface area contributed by atoms with Crippen LogP contribution in [0, 0.1) is 5.92 Å². The summed E-state index contributed by atoms with van der Waals surface area (Å²) in [5.41, 5.74) is 3.47. The summed E-state index contributed by atoms with van der Waals surface area (Å²) in [6, 6.07) is 6.65. The summed E-state index contributed by atoms with van der Waals surface area (Å²) in [6.07, 6.45) is 0. The molecule has 0 amide bonds. The molecule has 2 atom stereocenters. The number of hydrogen-bond acceptors (Lipinski definition) is 5. The molecule has 2 heterocycles. The van der Waals surface area contributed by atoms with Crippen molar-refractivity contribution in [2.75, 3.05) is 51.9 Å². The maximum Gasteiger partial charge on any atom is 0.192 e. The Kier molecular flexibility index (Phi) is 5.63. The van der Waals surface area contributed by atoms with Gasteiger partial charge >= 0.3 is 0 Å². The molecule has 0 aromatic heterocycles. The van der Waals surface area contributed by atoms with Crippen molar-refractivity contribution in [1.82, 2.24) is 4.90 Å². The van der Waals surface area contributed by atoms with Crippen LogP contribution in [0.4, 0.5) is 5.69 Å². The van der Waals surface area contributed by atoms with Gasteiger partial charge in [-0.1, -0.05) is 13.0 Å². The molecule has 1 aromatic carbocycles. The van der Waals surface area contributed by atoms with E-state index in [4.69, 9.17) is 14.2 Å². The largest absolute Gasteiger partial charge is 0.378 e. The molecule has 26 heavy (non-hydrogen) atoms. The fourth-order valence-corrected chi connectivity index (χ4v) is 3.71. The van der Waals surface area contributed by atoms with Crippen LogP contribution in [0.3, 0.4) is 0 Å². The van der Waals surface area contributed by atoms with Gasteiger partial charge in [0.1, 0.15) is 0 Å². The van der Waals surface area contributed by atoms with Gasteiger partial charge < -0.3 is 24.0 Å². The molecule has 0 radical (unpaired) electrons. The van der Waals surface area contributed by atoms with Crippen LogP contribution in [-0.2, 0) is 26.5 Å². The third-order valence-electron chi connectivity index (χ3n) is 5.70. The van der Waals surface area contributed by atoms with E-state index in [0.717, 1.165) is 38.4 Å². The second kappa shape index (κ2) is 7.47. The highest BCUT2D eigenvalue weighted by atomic mass is 16.7. The minimum Gasteiger partial charge on any atom is -0.378 e. The van der Waals surface area contributed by atoms with Crippen molar-refractivity contribution in [3.8, 4) is 0 Å². The molecule has 0 spiro atoms. The molecule has 0 bridgehead atoms. The fourth-order valence-electron chi connectivity index (χ4n) is 3.71. The van der Waals surface area contributed by atoms with Crippen LogP contribution >= 0.6 is 0 Å². The highest BCUT2D eigenvalue weighted by molar-refractivity contribution is 5.56. The van der Waals surface area contributed by atoms with Gasteiger partial charge in [0.05, 0.1) is 25.4 Å². The Morgan fingerprint density at radius 1 is 1.15 bits per heavy atom. The van der Waals surface area contributed by atoms with Gasteiger partial charge in [0.2, 0.25) is 0 Å². The van der Waals surface area contributed by atoms with Crippen LogP contribution in [-0.4, -0.2) is 57.5 Å². The van der Waals surface area contributed by atoms with E-state index in [0.29, 0.717) is 12.5 Å². The zero-order chi connectivity index (χ0) is 18.9. The molecular weight excluding hydrogens is 328 g/mol. The normalized spacial score (nSPS) is 29.2. The molecule has 0 N–H and O–H groups in total. The maximum atomic E-state index is 6.44. The molecule has 2 aliphatic heterocycles. The number of ether oxygens (including phenoxy) is 3. The quantitative estimate of drug-likeness (QED) is 0.822. The lowest BCUT2D eigenvalue weighted by atomic mass is 9.90. The third-order valence-corrected chi connectivity index (χ3v) is 5.70. The Balaban J connectivity index is 1.93. The SMILES string of the molecule is CC1COC(C)(c2ccc(N3CCOCC3)c(CN(C)C)c2)OC1(C)C. The summed E-state index contributed by atoms with van der Waals surface area (Å²) < 4.78 is 18.1. The highest BCUT2D eigenvalue weighted by Gasteiger charge is 2.44. The molecule has 5 heteroatoms. The van der Waals surface area contributed by atoms with Crippen molar-refractivity contribution < 1.29 is 14.2 Å². The zero-order valence-corrected chi connectivity index (χ0v) is 17.2. The summed E-state index contributed by atoms with van der Waals surface area (Å²) in [5.74, 6) is -0.343. The number of benzene rings is 1. The van der Waals surface area contributed by atoms with E-state index in [1.165, 1.54) is 11.3 Å². The highest BCUT2D eigenvalue weighted by Crippen LogP contribution is 2.41. The van der Waals surface area contributed by atoms with E-state index in [1.807, 2.05) is 6.92 Å². The zero-order valence-electron chi connectivity index (χ0n) is 17.2. The molecule has 146 valence electrons. The minimum absolute atomic E-state index is 0.211. The Bertz CT molecular complexity index is 626. The smallest absolute Gasteiger partial charge is 0.192 e. The Morgan fingerprint density at radius 2 is 1.85 bits per heavy atom. The van der Waals surface area contributed by atoms with Crippen LogP contribution < -0.4 is 4.90 Å². The van der Waals surface area contributed by atoms with E-state index in [1.54, 1.807) is 0 Å². The molecule has 2 saturated heterocycles. The topological polar surface area (TPSA) is 34.2 Å². The fraction of sp³-hybridized carbons (Fsp3) is 0.714. The van der Waals surface area contributed by atoms with Crippen LogP contribution in [0.25, 0.3) is 0 Å². The second-order valence-electron chi connectivity index (χ2n) is 8.54. The van der Waals surface area contributed by atoms with Gasteiger partial charge in [-0.25, -0.2) is 0 Å². The second-order valence-corrected chi connectivity index (χ2v) is 8.54. The lowest BCUT2D eigenvalue weighted by Crippen LogP contribution is -2.50. The van der Waals surface area contributed by atoms with E-state index in [9.17, 15) is 0 Å². The Morgan fingerprint density at radius 3 is 2.46 bits per heavy atom. The van der Waals surface area contributed by atoms with Crippen LogP contribution in [0.5, 0.6) is 0 Å². The number of morpholine rings is 1. The minimum atomic E-state index is -0.708. The molecule has 2 unspecified atom stereocenters. The van der Waals surface area contributed by atoms with Gasteiger partial charge in [-0.05, 0) is 52.6 Å². The summed E-state index contributed by atoms with van der Waals surface area (Å²) in [7, 11) is 4.21. The predicted molar refractivity (Wildman–Crippen MR) is 104 cm³/mol. The average Bonchev–Trinajstić information content (AvgIpc) is 2.58. The van der Waals surface area contributed by atoms with Gasteiger partial charge in [0, 0.05) is 36.8 Å². The number of nitrogens with zero attached hydrogens (tertiary/aromatic N) is 2. The number of hydrogen-bond donors (Lipinski definition) is 0. The van der Waals surface area contributed by atoms with E-state index < -0.39 is 5.79 Å². The van der Waals surface area contributed by atoms with E-state index in [-0.39, 0.29) is 5.60 Å².